The first kappa shape index (κ1) is 16.9. The highest BCUT2D eigenvalue weighted by Gasteiger charge is 2.23. The van der Waals surface area contributed by atoms with Crippen LogP contribution in [0.5, 0.6) is 0 Å². The van der Waals surface area contributed by atoms with Crippen LogP contribution in [0, 0.1) is 0 Å². The molecular formula is C23H22N4O. The van der Waals surface area contributed by atoms with Gasteiger partial charge in [-0.05, 0) is 35.1 Å². The molecule has 3 heterocycles. The maximum Gasteiger partial charge on any atom is 0.257 e. The van der Waals surface area contributed by atoms with E-state index in [9.17, 15) is 4.79 Å². The predicted molar refractivity (Wildman–Crippen MR) is 108 cm³/mol. The fourth-order valence-corrected chi connectivity index (χ4v) is 4.11. The third-order valence-electron chi connectivity index (χ3n) is 5.72. The first-order valence-corrected chi connectivity index (χ1v) is 9.78. The Morgan fingerprint density at radius 3 is 2.00 bits per heavy atom. The Kier molecular flexibility index (Phi) is 4.28. The van der Waals surface area contributed by atoms with Crippen molar-refractivity contribution in [3.05, 3.63) is 88.7 Å². The third-order valence-corrected chi connectivity index (χ3v) is 5.72. The normalized spacial score (nSPS) is 15.7. The van der Waals surface area contributed by atoms with Crippen LogP contribution < -0.4 is 4.90 Å². The van der Waals surface area contributed by atoms with Crippen molar-refractivity contribution < 1.29 is 4.79 Å². The first-order chi connectivity index (χ1) is 13.8. The van der Waals surface area contributed by atoms with Crippen molar-refractivity contribution in [2.45, 2.75) is 25.9 Å². The van der Waals surface area contributed by atoms with Gasteiger partial charge in [-0.2, -0.15) is 0 Å². The molecule has 140 valence electrons. The maximum absolute atomic E-state index is 12.9. The van der Waals surface area contributed by atoms with E-state index in [1.807, 2.05) is 11.0 Å². The van der Waals surface area contributed by atoms with Gasteiger partial charge < -0.3 is 9.80 Å². The highest BCUT2D eigenvalue weighted by Crippen LogP contribution is 2.23. The van der Waals surface area contributed by atoms with Crippen LogP contribution in [0.2, 0.25) is 0 Å². The predicted octanol–water partition coefficient (Wildman–Crippen LogP) is 3.24. The van der Waals surface area contributed by atoms with Crippen LogP contribution in [0.4, 0.5) is 5.95 Å². The van der Waals surface area contributed by atoms with E-state index in [-0.39, 0.29) is 5.91 Å². The van der Waals surface area contributed by atoms with Crippen molar-refractivity contribution in [3.63, 3.8) is 0 Å². The molecule has 0 saturated heterocycles. The van der Waals surface area contributed by atoms with E-state index in [1.165, 1.54) is 22.3 Å². The van der Waals surface area contributed by atoms with Gasteiger partial charge in [-0.25, -0.2) is 9.97 Å². The lowest BCUT2D eigenvalue weighted by atomic mass is 9.99. The van der Waals surface area contributed by atoms with Crippen LogP contribution in [-0.2, 0) is 25.9 Å². The maximum atomic E-state index is 12.9. The van der Waals surface area contributed by atoms with Crippen molar-refractivity contribution in [3.8, 4) is 0 Å². The molecule has 0 N–H and O–H groups in total. The summed E-state index contributed by atoms with van der Waals surface area (Å²) in [7, 11) is 0. The van der Waals surface area contributed by atoms with E-state index >= 15 is 0 Å². The molecule has 0 atom stereocenters. The van der Waals surface area contributed by atoms with Crippen molar-refractivity contribution in [1.82, 2.24) is 14.9 Å². The second-order valence-electron chi connectivity index (χ2n) is 7.46. The highest BCUT2D eigenvalue weighted by molar-refractivity contribution is 5.93. The van der Waals surface area contributed by atoms with Crippen molar-refractivity contribution in [1.29, 1.82) is 0 Å². The molecular weight excluding hydrogens is 348 g/mol. The number of amides is 1. The lowest BCUT2D eigenvalue weighted by molar-refractivity contribution is 0.0734. The summed E-state index contributed by atoms with van der Waals surface area (Å²) < 4.78 is 0. The third kappa shape index (κ3) is 3.13. The Hall–Kier alpha value is -3.21. The number of benzene rings is 2. The molecule has 0 saturated carbocycles. The van der Waals surface area contributed by atoms with E-state index in [0.29, 0.717) is 18.1 Å². The molecule has 2 aromatic carbocycles. The molecule has 0 aliphatic carbocycles. The first-order valence-electron chi connectivity index (χ1n) is 9.78. The number of hydrogen-bond acceptors (Lipinski definition) is 4. The zero-order valence-electron chi connectivity index (χ0n) is 15.7. The molecule has 28 heavy (non-hydrogen) atoms. The van der Waals surface area contributed by atoms with Crippen molar-refractivity contribution in [2.24, 2.45) is 0 Å². The lowest BCUT2D eigenvalue weighted by Gasteiger charge is -2.30. The average molecular weight is 370 g/mol. The summed E-state index contributed by atoms with van der Waals surface area (Å²) in [6.07, 6.45) is 5.23. The zero-order chi connectivity index (χ0) is 18.9. The minimum absolute atomic E-state index is 0.00467. The SMILES string of the molecule is O=C(c1cnc(N2CCc3ccccc3C2)nc1)N1CCc2ccccc2C1. The van der Waals surface area contributed by atoms with E-state index in [1.54, 1.807) is 12.4 Å². The standard InChI is InChI=1S/C23H22N4O/c28-22(26-11-9-17-5-1-3-7-19(17)15-26)21-13-24-23(25-14-21)27-12-10-18-6-2-4-8-20(18)16-27/h1-8,13-14H,9-12,15-16H2. The molecule has 3 aromatic rings. The minimum atomic E-state index is 0.00467. The average Bonchev–Trinajstić information content (AvgIpc) is 2.78. The van der Waals surface area contributed by atoms with Gasteiger partial charge in [0.25, 0.3) is 5.91 Å². The van der Waals surface area contributed by atoms with E-state index in [2.05, 4.69) is 57.3 Å². The molecule has 5 heteroatoms. The van der Waals surface area contributed by atoms with Crippen LogP contribution in [0.15, 0.2) is 60.9 Å². The summed E-state index contributed by atoms with van der Waals surface area (Å²) in [5, 5.41) is 0. The van der Waals surface area contributed by atoms with Crippen molar-refractivity contribution >= 4 is 11.9 Å². The van der Waals surface area contributed by atoms with Gasteiger partial charge in [0.15, 0.2) is 0 Å². The summed E-state index contributed by atoms with van der Waals surface area (Å²) in [4.78, 5) is 26.0. The fraction of sp³-hybridized carbons (Fsp3) is 0.261. The van der Waals surface area contributed by atoms with Gasteiger partial charge in [0.05, 0.1) is 5.56 Å². The molecule has 0 radical (unpaired) electrons. The summed E-state index contributed by atoms with van der Waals surface area (Å²) in [5.74, 6) is 0.695. The van der Waals surface area contributed by atoms with Gasteiger partial charge >= 0.3 is 0 Å². The molecule has 0 fully saturated rings. The largest absolute Gasteiger partial charge is 0.336 e. The second kappa shape index (κ2) is 7.08. The van der Waals surface area contributed by atoms with Gasteiger partial charge in [-0.3, -0.25) is 4.79 Å². The Labute approximate surface area is 164 Å². The van der Waals surface area contributed by atoms with Crippen LogP contribution in [0.3, 0.4) is 0 Å². The van der Waals surface area contributed by atoms with Crippen LogP contribution >= 0.6 is 0 Å². The molecule has 1 aromatic heterocycles. The van der Waals surface area contributed by atoms with Crippen LogP contribution in [0.1, 0.15) is 32.6 Å². The summed E-state index contributed by atoms with van der Waals surface area (Å²) in [5.41, 5.74) is 5.84. The number of nitrogens with zero attached hydrogens (tertiary/aromatic N) is 4. The Morgan fingerprint density at radius 1 is 0.750 bits per heavy atom. The number of carbonyl (C=O) groups excluding carboxylic acids is 1. The Balaban J connectivity index is 1.30. The second-order valence-corrected chi connectivity index (χ2v) is 7.46. The monoisotopic (exact) mass is 370 g/mol. The number of hydrogen-bond donors (Lipinski definition) is 0. The molecule has 1 amide bonds. The smallest absolute Gasteiger partial charge is 0.257 e. The fourth-order valence-electron chi connectivity index (χ4n) is 4.11. The molecule has 5 nitrogen and oxygen atoms in total. The Morgan fingerprint density at radius 2 is 1.32 bits per heavy atom. The number of carbonyl (C=O) groups is 1. The zero-order valence-corrected chi connectivity index (χ0v) is 15.7. The van der Waals surface area contributed by atoms with E-state index in [4.69, 9.17) is 0 Å². The van der Waals surface area contributed by atoms with Crippen LogP contribution in [-0.4, -0.2) is 33.9 Å². The molecule has 0 unspecified atom stereocenters. The lowest BCUT2D eigenvalue weighted by Crippen LogP contribution is -2.36. The van der Waals surface area contributed by atoms with E-state index in [0.717, 1.165) is 32.5 Å². The molecule has 0 spiro atoms. The number of rotatable bonds is 2. The number of aromatic nitrogens is 2. The van der Waals surface area contributed by atoms with Gasteiger partial charge in [-0.1, -0.05) is 48.5 Å². The van der Waals surface area contributed by atoms with Gasteiger partial charge in [0.2, 0.25) is 5.95 Å². The van der Waals surface area contributed by atoms with Gasteiger partial charge in [0.1, 0.15) is 0 Å². The molecule has 0 bridgehead atoms. The topological polar surface area (TPSA) is 49.3 Å². The molecule has 5 rings (SSSR count). The molecule has 2 aliphatic rings. The molecule has 2 aliphatic heterocycles. The van der Waals surface area contributed by atoms with Gasteiger partial charge in [-0.15, -0.1) is 0 Å². The number of anilines is 1. The summed E-state index contributed by atoms with van der Waals surface area (Å²) >= 11 is 0. The minimum Gasteiger partial charge on any atom is -0.336 e. The van der Waals surface area contributed by atoms with Crippen LogP contribution in [0.25, 0.3) is 0 Å². The number of fused-ring (bicyclic) bond motifs is 2. The highest BCUT2D eigenvalue weighted by atomic mass is 16.2. The Bertz CT molecular complexity index is 1020. The van der Waals surface area contributed by atoms with Gasteiger partial charge in [0, 0.05) is 38.6 Å². The summed E-state index contributed by atoms with van der Waals surface area (Å²) in [6.45, 7) is 3.10. The van der Waals surface area contributed by atoms with E-state index < -0.39 is 0 Å². The quantitative estimate of drug-likeness (QED) is 0.695. The summed E-state index contributed by atoms with van der Waals surface area (Å²) in [6, 6.07) is 16.8. The van der Waals surface area contributed by atoms with Crippen molar-refractivity contribution in [2.75, 3.05) is 18.0 Å².